The number of ether oxygens (including phenoxy) is 4. The summed E-state index contributed by atoms with van der Waals surface area (Å²) in [6, 6.07) is 11.4. The molecule has 6 heteroatoms. The van der Waals surface area contributed by atoms with Gasteiger partial charge in [-0.3, -0.25) is 0 Å². The highest BCUT2D eigenvalue weighted by Crippen LogP contribution is 2.29. The van der Waals surface area contributed by atoms with Crippen molar-refractivity contribution < 1.29 is 18.9 Å². The minimum atomic E-state index is 0.551. The van der Waals surface area contributed by atoms with E-state index in [9.17, 15) is 0 Å². The Morgan fingerprint density at radius 1 is 0.840 bits per heavy atom. The van der Waals surface area contributed by atoms with Gasteiger partial charge in [0.05, 0.1) is 46.3 Å². The largest absolute Gasteiger partial charge is 0.496 e. The molecule has 0 spiro atoms. The summed E-state index contributed by atoms with van der Waals surface area (Å²) in [4.78, 5) is 0. The predicted octanol–water partition coefficient (Wildman–Crippen LogP) is 3.23. The Morgan fingerprint density at radius 2 is 1.44 bits per heavy atom. The van der Waals surface area contributed by atoms with E-state index < -0.39 is 0 Å². The van der Waals surface area contributed by atoms with Crippen molar-refractivity contribution >= 4 is 5.71 Å². The first-order chi connectivity index (χ1) is 12.1. The Hall–Kier alpha value is -2.89. The van der Waals surface area contributed by atoms with E-state index in [1.165, 1.54) is 0 Å². The van der Waals surface area contributed by atoms with E-state index in [1.54, 1.807) is 28.4 Å². The number of hydrogen-bond acceptors (Lipinski definition) is 6. The Kier molecular flexibility index (Phi) is 6.51. The van der Waals surface area contributed by atoms with Crippen molar-refractivity contribution in [2.24, 2.45) is 5.10 Å². The molecule has 0 saturated heterocycles. The topological polar surface area (TPSA) is 61.3 Å². The van der Waals surface area contributed by atoms with Crippen LogP contribution in [0.15, 0.2) is 41.5 Å². The van der Waals surface area contributed by atoms with Crippen LogP contribution in [0.2, 0.25) is 0 Å². The lowest BCUT2D eigenvalue weighted by molar-refractivity contribution is 0.354. The van der Waals surface area contributed by atoms with Crippen molar-refractivity contribution in [2.45, 2.75) is 13.5 Å². The lowest BCUT2D eigenvalue weighted by atomic mass is 10.1. The van der Waals surface area contributed by atoms with Crippen LogP contribution >= 0.6 is 0 Å². The predicted molar refractivity (Wildman–Crippen MR) is 98.1 cm³/mol. The maximum Gasteiger partial charge on any atom is 0.161 e. The first-order valence-corrected chi connectivity index (χ1v) is 7.84. The van der Waals surface area contributed by atoms with Gasteiger partial charge in [0.25, 0.3) is 0 Å². The quantitative estimate of drug-likeness (QED) is 0.588. The third kappa shape index (κ3) is 4.35. The van der Waals surface area contributed by atoms with Gasteiger partial charge in [-0.05, 0) is 36.8 Å². The minimum Gasteiger partial charge on any atom is -0.496 e. The zero-order valence-electron chi connectivity index (χ0n) is 15.3. The van der Waals surface area contributed by atoms with Gasteiger partial charge in [0, 0.05) is 0 Å². The minimum absolute atomic E-state index is 0.551. The van der Waals surface area contributed by atoms with Crippen molar-refractivity contribution in [1.29, 1.82) is 0 Å². The van der Waals surface area contributed by atoms with Crippen molar-refractivity contribution in [1.82, 2.24) is 5.43 Å². The zero-order valence-corrected chi connectivity index (χ0v) is 15.3. The molecule has 6 nitrogen and oxygen atoms in total. The number of rotatable bonds is 8. The second kappa shape index (κ2) is 8.82. The van der Waals surface area contributed by atoms with Gasteiger partial charge in [0.15, 0.2) is 11.5 Å². The summed E-state index contributed by atoms with van der Waals surface area (Å²) in [5.41, 5.74) is 5.70. The first-order valence-electron chi connectivity index (χ1n) is 7.84. The fraction of sp³-hybridized carbons (Fsp3) is 0.316. The lowest BCUT2D eigenvalue weighted by Gasteiger charge is -2.13. The highest BCUT2D eigenvalue weighted by Gasteiger charge is 2.12. The van der Waals surface area contributed by atoms with Crippen LogP contribution in [0.4, 0.5) is 0 Å². The monoisotopic (exact) mass is 344 g/mol. The van der Waals surface area contributed by atoms with Crippen LogP contribution in [-0.4, -0.2) is 34.2 Å². The molecule has 0 aliphatic rings. The molecule has 0 heterocycles. The third-order valence-electron chi connectivity index (χ3n) is 3.77. The number of nitrogens with one attached hydrogen (secondary N) is 1. The molecule has 0 amide bonds. The summed E-state index contributed by atoms with van der Waals surface area (Å²) in [5, 5.41) is 4.44. The molecular weight excluding hydrogens is 320 g/mol. The SMILES string of the molecule is COc1ccc(CN/N=C(/C)c2c(OC)cccc2OC)cc1OC. The van der Waals surface area contributed by atoms with Crippen LogP contribution in [-0.2, 0) is 6.54 Å². The second-order valence-corrected chi connectivity index (χ2v) is 5.26. The standard InChI is InChI=1S/C19H24N2O4/c1-13(19-16(23-3)7-6-8-17(19)24-4)21-20-12-14-9-10-15(22-2)18(11-14)25-5/h6-11,20H,12H2,1-5H3/b21-13-. The number of benzene rings is 2. The summed E-state index contributed by atoms with van der Waals surface area (Å²) in [7, 11) is 6.49. The Balaban J connectivity index is 2.15. The molecule has 0 aliphatic carbocycles. The van der Waals surface area contributed by atoms with E-state index in [0.717, 1.165) is 16.8 Å². The maximum absolute atomic E-state index is 5.41. The fourth-order valence-corrected chi connectivity index (χ4v) is 2.50. The molecule has 2 aromatic carbocycles. The van der Waals surface area contributed by atoms with E-state index >= 15 is 0 Å². The molecule has 0 fully saturated rings. The second-order valence-electron chi connectivity index (χ2n) is 5.26. The molecule has 134 valence electrons. The Morgan fingerprint density at radius 3 is 2.00 bits per heavy atom. The van der Waals surface area contributed by atoms with Crippen molar-refractivity contribution in [3.63, 3.8) is 0 Å². The Bertz CT molecular complexity index is 722. The summed E-state index contributed by atoms with van der Waals surface area (Å²) >= 11 is 0. The van der Waals surface area contributed by atoms with Crippen LogP contribution in [0, 0.1) is 0 Å². The van der Waals surface area contributed by atoms with Gasteiger partial charge in [0.2, 0.25) is 0 Å². The first kappa shape index (κ1) is 18.4. The smallest absolute Gasteiger partial charge is 0.161 e. The highest BCUT2D eigenvalue weighted by molar-refractivity contribution is 6.03. The maximum atomic E-state index is 5.41. The molecule has 0 saturated carbocycles. The zero-order chi connectivity index (χ0) is 18.2. The molecule has 0 unspecified atom stereocenters. The van der Waals surface area contributed by atoms with E-state index in [2.05, 4.69) is 10.5 Å². The van der Waals surface area contributed by atoms with Gasteiger partial charge in [-0.2, -0.15) is 5.10 Å². The van der Waals surface area contributed by atoms with Crippen LogP contribution < -0.4 is 24.4 Å². The van der Waals surface area contributed by atoms with E-state index in [4.69, 9.17) is 18.9 Å². The Labute approximate surface area is 148 Å². The summed E-state index contributed by atoms with van der Waals surface area (Å²) in [5.74, 6) is 2.82. The molecule has 0 bridgehead atoms. The van der Waals surface area contributed by atoms with Crippen LogP contribution in [0.1, 0.15) is 18.1 Å². The molecule has 25 heavy (non-hydrogen) atoms. The third-order valence-corrected chi connectivity index (χ3v) is 3.77. The van der Waals surface area contributed by atoms with E-state index in [1.807, 2.05) is 43.3 Å². The summed E-state index contributed by atoms with van der Waals surface area (Å²) < 4.78 is 21.4. The van der Waals surface area contributed by atoms with Gasteiger partial charge in [-0.1, -0.05) is 12.1 Å². The van der Waals surface area contributed by atoms with Crippen LogP contribution in [0.25, 0.3) is 0 Å². The molecular formula is C19H24N2O4. The van der Waals surface area contributed by atoms with Gasteiger partial charge in [0.1, 0.15) is 11.5 Å². The molecule has 0 aromatic heterocycles. The molecule has 1 N–H and O–H groups in total. The molecule has 2 aromatic rings. The number of nitrogens with zero attached hydrogens (tertiary/aromatic N) is 1. The van der Waals surface area contributed by atoms with Crippen LogP contribution in [0.3, 0.4) is 0 Å². The number of methoxy groups -OCH3 is 4. The van der Waals surface area contributed by atoms with Gasteiger partial charge < -0.3 is 24.4 Å². The summed E-state index contributed by atoms with van der Waals surface area (Å²) in [6.45, 7) is 2.46. The molecule has 0 atom stereocenters. The molecule has 0 radical (unpaired) electrons. The van der Waals surface area contributed by atoms with Crippen molar-refractivity contribution in [2.75, 3.05) is 28.4 Å². The number of hydrazone groups is 1. The van der Waals surface area contributed by atoms with Gasteiger partial charge >= 0.3 is 0 Å². The highest BCUT2D eigenvalue weighted by atomic mass is 16.5. The molecule has 2 rings (SSSR count). The fourth-order valence-electron chi connectivity index (χ4n) is 2.50. The average Bonchev–Trinajstić information content (AvgIpc) is 2.66. The summed E-state index contributed by atoms with van der Waals surface area (Å²) in [6.07, 6.45) is 0. The number of hydrogen-bond donors (Lipinski definition) is 1. The van der Waals surface area contributed by atoms with E-state index in [0.29, 0.717) is 29.5 Å². The van der Waals surface area contributed by atoms with Gasteiger partial charge in [-0.25, -0.2) is 0 Å². The lowest BCUT2D eigenvalue weighted by Crippen LogP contribution is -2.11. The van der Waals surface area contributed by atoms with E-state index in [-0.39, 0.29) is 0 Å². The molecule has 0 aliphatic heterocycles. The average molecular weight is 344 g/mol. The van der Waals surface area contributed by atoms with Crippen LogP contribution in [0.5, 0.6) is 23.0 Å². The normalized spacial score (nSPS) is 11.0. The van der Waals surface area contributed by atoms with Gasteiger partial charge in [-0.15, -0.1) is 0 Å². The van der Waals surface area contributed by atoms with Crippen molar-refractivity contribution in [3.8, 4) is 23.0 Å². The van der Waals surface area contributed by atoms with Crippen molar-refractivity contribution in [3.05, 3.63) is 47.5 Å².